The smallest absolute Gasteiger partial charge is 0.311 e. The number of halogens is 1. The van der Waals surface area contributed by atoms with Crippen LogP contribution in [0.2, 0.25) is 0 Å². The van der Waals surface area contributed by atoms with Crippen LogP contribution in [0.4, 0.5) is 0 Å². The van der Waals surface area contributed by atoms with Crippen molar-refractivity contribution in [1.82, 2.24) is 4.57 Å². The molecular formula is C12H16BrNO4. The summed E-state index contributed by atoms with van der Waals surface area (Å²) in [7, 11) is 0. The van der Waals surface area contributed by atoms with Gasteiger partial charge in [0.1, 0.15) is 6.61 Å². The quantitative estimate of drug-likeness (QED) is 0.752. The van der Waals surface area contributed by atoms with E-state index in [1.165, 1.54) is 6.92 Å². The zero-order chi connectivity index (χ0) is 13.5. The maximum Gasteiger partial charge on any atom is 0.311 e. The molecule has 0 saturated carbocycles. The van der Waals surface area contributed by atoms with E-state index in [-0.39, 0.29) is 25.0 Å². The summed E-state index contributed by atoms with van der Waals surface area (Å²) in [4.78, 5) is 22.1. The van der Waals surface area contributed by atoms with Crippen LogP contribution in [0.15, 0.2) is 16.7 Å². The number of nitrogens with zero attached hydrogens (tertiary/aromatic N) is 1. The Morgan fingerprint density at radius 2 is 2.11 bits per heavy atom. The highest BCUT2D eigenvalue weighted by molar-refractivity contribution is 9.10. The van der Waals surface area contributed by atoms with E-state index in [1.807, 2.05) is 16.8 Å². The van der Waals surface area contributed by atoms with Crippen LogP contribution in [0, 0.1) is 0 Å². The lowest BCUT2D eigenvalue weighted by atomic mass is 10.3. The van der Waals surface area contributed by atoms with Crippen molar-refractivity contribution in [3.05, 3.63) is 22.4 Å². The lowest BCUT2D eigenvalue weighted by Gasteiger charge is -2.08. The van der Waals surface area contributed by atoms with Gasteiger partial charge in [-0.3, -0.25) is 9.59 Å². The van der Waals surface area contributed by atoms with Crippen LogP contribution < -0.4 is 0 Å². The largest absolute Gasteiger partial charge is 0.466 e. The van der Waals surface area contributed by atoms with Crippen LogP contribution in [0.3, 0.4) is 0 Å². The minimum atomic E-state index is -0.312. The Morgan fingerprint density at radius 3 is 2.72 bits per heavy atom. The fraction of sp³-hybridized carbons (Fsp3) is 0.500. The summed E-state index contributed by atoms with van der Waals surface area (Å²) in [5.41, 5.74) is 0.826. The molecule has 0 atom stereocenters. The first-order valence-corrected chi connectivity index (χ1v) is 6.45. The molecule has 1 aromatic rings. The molecule has 1 aromatic heterocycles. The number of aromatic nitrogens is 1. The van der Waals surface area contributed by atoms with Crippen molar-refractivity contribution in [2.45, 2.75) is 26.8 Å². The molecule has 0 radical (unpaired) electrons. The third-order valence-electron chi connectivity index (χ3n) is 2.22. The van der Waals surface area contributed by atoms with Gasteiger partial charge in [-0.15, -0.1) is 0 Å². The van der Waals surface area contributed by atoms with Gasteiger partial charge < -0.3 is 14.0 Å². The van der Waals surface area contributed by atoms with Crippen LogP contribution in [0.25, 0.3) is 0 Å². The first-order valence-electron chi connectivity index (χ1n) is 5.66. The molecule has 0 N–H and O–H groups in total. The fourth-order valence-electron chi connectivity index (χ4n) is 1.52. The van der Waals surface area contributed by atoms with E-state index in [4.69, 9.17) is 9.47 Å². The number of esters is 2. The van der Waals surface area contributed by atoms with E-state index in [1.54, 1.807) is 6.92 Å². The molecule has 0 aliphatic carbocycles. The molecule has 0 saturated heterocycles. The summed E-state index contributed by atoms with van der Waals surface area (Å²) >= 11 is 3.35. The van der Waals surface area contributed by atoms with E-state index in [0.717, 1.165) is 10.2 Å². The van der Waals surface area contributed by atoms with Gasteiger partial charge in [-0.05, 0) is 28.9 Å². The van der Waals surface area contributed by atoms with Crippen LogP contribution in [0.1, 0.15) is 19.5 Å². The molecule has 0 bridgehead atoms. The Bertz CT molecular complexity index is 428. The second kappa shape index (κ2) is 7.20. The average Bonchev–Trinajstić information content (AvgIpc) is 2.58. The first-order chi connectivity index (χ1) is 8.52. The molecule has 0 unspecified atom stereocenters. The van der Waals surface area contributed by atoms with Gasteiger partial charge in [0.2, 0.25) is 0 Å². The van der Waals surface area contributed by atoms with Crippen LogP contribution in [-0.4, -0.2) is 29.7 Å². The highest BCUT2D eigenvalue weighted by Gasteiger charge is 2.10. The molecule has 5 nitrogen and oxygen atoms in total. The summed E-state index contributed by atoms with van der Waals surface area (Å²) < 4.78 is 12.5. The van der Waals surface area contributed by atoms with E-state index in [0.29, 0.717) is 13.2 Å². The second-order valence-electron chi connectivity index (χ2n) is 3.66. The second-order valence-corrected chi connectivity index (χ2v) is 4.58. The van der Waals surface area contributed by atoms with Crippen LogP contribution >= 0.6 is 15.9 Å². The Balaban J connectivity index is 2.61. The van der Waals surface area contributed by atoms with Crippen molar-refractivity contribution in [1.29, 1.82) is 0 Å². The first kappa shape index (κ1) is 14.8. The lowest BCUT2D eigenvalue weighted by molar-refractivity contribution is -0.143. The molecule has 0 amide bonds. The van der Waals surface area contributed by atoms with E-state index in [2.05, 4.69) is 15.9 Å². The third kappa shape index (κ3) is 4.91. The summed E-state index contributed by atoms with van der Waals surface area (Å²) in [5, 5.41) is 0. The van der Waals surface area contributed by atoms with Gasteiger partial charge in [0.05, 0.1) is 19.6 Å². The van der Waals surface area contributed by atoms with Crippen molar-refractivity contribution >= 4 is 27.9 Å². The zero-order valence-corrected chi connectivity index (χ0v) is 12.0. The van der Waals surface area contributed by atoms with Crippen molar-refractivity contribution in [3.63, 3.8) is 0 Å². The normalized spacial score (nSPS) is 10.2. The van der Waals surface area contributed by atoms with Crippen molar-refractivity contribution in [3.8, 4) is 0 Å². The Morgan fingerprint density at radius 1 is 1.39 bits per heavy atom. The van der Waals surface area contributed by atoms with Gasteiger partial charge in [-0.1, -0.05) is 0 Å². The molecule has 0 spiro atoms. The Labute approximate surface area is 114 Å². The minimum Gasteiger partial charge on any atom is -0.466 e. The molecule has 0 aromatic carbocycles. The highest BCUT2D eigenvalue weighted by Crippen LogP contribution is 2.16. The van der Waals surface area contributed by atoms with Crippen molar-refractivity contribution in [2.75, 3.05) is 13.2 Å². The SMILES string of the molecule is CCOC(=O)Cc1cc(Br)cn1CCOC(C)=O. The molecule has 100 valence electrons. The summed E-state index contributed by atoms with van der Waals surface area (Å²) in [6.45, 7) is 4.30. The number of carbonyl (C=O) groups is 2. The molecule has 0 fully saturated rings. The molecule has 1 rings (SSSR count). The number of carbonyl (C=O) groups excluding carboxylic acids is 2. The van der Waals surface area contributed by atoms with Crippen molar-refractivity contribution in [2.24, 2.45) is 0 Å². The Kier molecular flexibility index (Phi) is 5.91. The molecule has 1 heterocycles. The monoisotopic (exact) mass is 317 g/mol. The van der Waals surface area contributed by atoms with E-state index < -0.39 is 0 Å². The minimum absolute atomic E-state index is 0.208. The Hall–Kier alpha value is -1.30. The van der Waals surface area contributed by atoms with Gasteiger partial charge in [0.25, 0.3) is 0 Å². The lowest BCUT2D eigenvalue weighted by Crippen LogP contribution is -2.14. The van der Waals surface area contributed by atoms with Gasteiger partial charge in [0.15, 0.2) is 0 Å². The van der Waals surface area contributed by atoms with Gasteiger partial charge in [-0.25, -0.2) is 0 Å². The van der Waals surface area contributed by atoms with Crippen molar-refractivity contribution < 1.29 is 19.1 Å². The average molecular weight is 318 g/mol. The van der Waals surface area contributed by atoms with Gasteiger partial charge in [0, 0.05) is 23.3 Å². The van der Waals surface area contributed by atoms with Gasteiger partial charge >= 0.3 is 11.9 Å². The van der Waals surface area contributed by atoms with Crippen LogP contribution in [-0.2, 0) is 32.0 Å². The highest BCUT2D eigenvalue weighted by atomic mass is 79.9. The standard InChI is InChI=1S/C12H16BrNO4/c1-3-17-12(16)7-11-6-10(13)8-14(11)4-5-18-9(2)15/h6,8H,3-5,7H2,1-2H3. The maximum absolute atomic E-state index is 11.4. The fourth-order valence-corrected chi connectivity index (χ4v) is 2.03. The van der Waals surface area contributed by atoms with E-state index >= 15 is 0 Å². The summed E-state index contributed by atoms with van der Waals surface area (Å²) in [6, 6.07) is 1.85. The number of ether oxygens (including phenoxy) is 2. The molecule has 6 heteroatoms. The van der Waals surface area contributed by atoms with Crippen LogP contribution in [0.5, 0.6) is 0 Å². The van der Waals surface area contributed by atoms with E-state index in [9.17, 15) is 9.59 Å². The number of hydrogen-bond acceptors (Lipinski definition) is 4. The third-order valence-corrected chi connectivity index (χ3v) is 2.65. The zero-order valence-electron chi connectivity index (χ0n) is 10.4. The van der Waals surface area contributed by atoms with Gasteiger partial charge in [-0.2, -0.15) is 0 Å². The molecule has 0 aliphatic rings. The number of hydrogen-bond donors (Lipinski definition) is 0. The summed E-state index contributed by atoms with van der Waals surface area (Å²) in [6.07, 6.45) is 2.05. The molecular weight excluding hydrogens is 302 g/mol. The summed E-state index contributed by atoms with van der Waals surface area (Å²) in [5.74, 6) is -0.579. The predicted molar refractivity (Wildman–Crippen MR) is 69.1 cm³/mol. The molecule has 18 heavy (non-hydrogen) atoms. The number of rotatable bonds is 6. The predicted octanol–water partition coefficient (Wildman–Crippen LogP) is 1.92. The topological polar surface area (TPSA) is 57.5 Å². The molecule has 0 aliphatic heterocycles. The maximum atomic E-state index is 11.4.